The van der Waals surface area contributed by atoms with E-state index in [2.05, 4.69) is 34.0 Å². The third-order valence-electron chi connectivity index (χ3n) is 5.90. The van der Waals surface area contributed by atoms with Gasteiger partial charge in [0.25, 0.3) is 0 Å². The standard InChI is InChI=1S/C23H32ClFN6O3/c1-5-29(6-2)11-9-8-10-26-22-27-13-15-14-31(23(33)30(7-3)21(15)28-22)20-18(24)17(34-4)12-16(32)19(20)25/h12-13,32H,5-11,14H2,1-4H3,(H,26,27,28). The summed E-state index contributed by atoms with van der Waals surface area (Å²) >= 11 is 6.32. The molecule has 0 atom stereocenters. The highest BCUT2D eigenvalue weighted by Crippen LogP contribution is 2.44. The molecular weight excluding hydrogens is 463 g/mol. The Morgan fingerprint density at radius 2 is 2.03 bits per heavy atom. The van der Waals surface area contributed by atoms with Crippen molar-refractivity contribution in [3.8, 4) is 11.5 Å². The van der Waals surface area contributed by atoms with E-state index in [0.717, 1.165) is 50.0 Å². The van der Waals surface area contributed by atoms with Gasteiger partial charge in [-0.1, -0.05) is 25.4 Å². The fourth-order valence-electron chi connectivity index (χ4n) is 3.93. The lowest BCUT2D eigenvalue weighted by Gasteiger charge is -2.36. The average Bonchev–Trinajstić information content (AvgIpc) is 2.84. The number of nitrogens with zero attached hydrogens (tertiary/aromatic N) is 5. The Bertz CT molecular complexity index is 1020. The Balaban J connectivity index is 1.79. The zero-order valence-electron chi connectivity index (χ0n) is 20.1. The number of carbonyl (C=O) groups excluding carboxylic acids is 1. The Morgan fingerprint density at radius 1 is 1.29 bits per heavy atom. The highest BCUT2D eigenvalue weighted by atomic mass is 35.5. The van der Waals surface area contributed by atoms with Crippen LogP contribution in [0.4, 0.5) is 26.6 Å². The number of amides is 2. The van der Waals surface area contributed by atoms with Gasteiger partial charge in [-0.05, 0) is 39.4 Å². The number of hydrogen-bond acceptors (Lipinski definition) is 7. The van der Waals surface area contributed by atoms with Gasteiger partial charge in [0.05, 0.1) is 13.7 Å². The van der Waals surface area contributed by atoms with Crippen LogP contribution in [0.5, 0.6) is 11.5 Å². The molecule has 0 saturated heterocycles. The predicted octanol–water partition coefficient (Wildman–Crippen LogP) is 4.48. The van der Waals surface area contributed by atoms with Crippen LogP contribution < -0.4 is 19.9 Å². The zero-order valence-corrected chi connectivity index (χ0v) is 20.8. The number of rotatable bonds is 11. The van der Waals surface area contributed by atoms with Gasteiger partial charge < -0.3 is 20.1 Å². The molecule has 1 aliphatic heterocycles. The maximum absolute atomic E-state index is 14.9. The van der Waals surface area contributed by atoms with Gasteiger partial charge >= 0.3 is 6.03 Å². The minimum atomic E-state index is -0.998. The molecule has 0 aliphatic carbocycles. The van der Waals surface area contributed by atoms with Gasteiger partial charge in [-0.3, -0.25) is 9.80 Å². The number of ether oxygens (including phenoxy) is 1. The number of benzene rings is 1. The first-order valence-corrected chi connectivity index (χ1v) is 11.9. The summed E-state index contributed by atoms with van der Waals surface area (Å²) < 4.78 is 20.0. The minimum absolute atomic E-state index is 0.00192. The second-order valence-electron chi connectivity index (χ2n) is 7.89. The molecule has 34 heavy (non-hydrogen) atoms. The van der Waals surface area contributed by atoms with Gasteiger partial charge in [0, 0.05) is 30.9 Å². The molecule has 2 amide bonds. The second kappa shape index (κ2) is 11.5. The number of urea groups is 1. The fraction of sp³-hybridized carbons (Fsp3) is 0.522. The van der Waals surface area contributed by atoms with Crippen LogP contribution in [0.3, 0.4) is 0 Å². The van der Waals surface area contributed by atoms with Gasteiger partial charge in [-0.25, -0.2) is 14.2 Å². The number of halogens is 2. The van der Waals surface area contributed by atoms with Gasteiger partial charge in [0.15, 0.2) is 11.6 Å². The summed E-state index contributed by atoms with van der Waals surface area (Å²) in [6.45, 7) is 10.3. The van der Waals surface area contributed by atoms with E-state index < -0.39 is 17.6 Å². The monoisotopic (exact) mass is 494 g/mol. The Morgan fingerprint density at radius 3 is 2.68 bits per heavy atom. The van der Waals surface area contributed by atoms with Crippen molar-refractivity contribution in [2.75, 3.05) is 55.0 Å². The summed E-state index contributed by atoms with van der Waals surface area (Å²) in [5.41, 5.74) is 0.384. The van der Waals surface area contributed by atoms with Crippen molar-refractivity contribution in [3.63, 3.8) is 0 Å². The number of hydrogen-bond donors (Lipinski definition) is 2. The van der Waals surface area contributed by atoms with Crippen LogP contribution in [0.2, 0.25) is 5.02 Å². The number of methoxy groups -OCH3 is 1. The lowest BCUT2D eigenvalue weighted by Crippen LogP contribution is -2.48. The van der Waals surface area contributed by atoms with Gasteiger partial charge in [-0.2, -0.15) is 4.98 Å². The molecule has 11 heteroatoms. The van der Waals surface area contributed by atoms with Crippen molar-refractivity contribution in [2.45, 2.75) is 40.2 Å². The molecule has 3 rings (SSSR count). The maximum Gasteiger partial charge on any atom is 0.330 e. The second-order valence-corrected chi connectivity index (χ2v) is 8.27. The van der Waals surface area contributed by atoms with Crippen LogP contribution in [0.1, 0.15) is 39.2 Å². The van der Waals surface area contributed by atoms with Crippen LogP contribution in [0.25, 0.3) is 0 Å². The van der Waals surface area contributed by atoms with Crippen LogP contribution in [0.15, 0.2) is 12.3 Å². The summed E-state index contributed by atoms with van der Waals surface area (Å²) in [6, 6.07) is 0.567. The molecule has 0 spiro atoms. The van der Waals surface area contributed by atoms with Crippen molar-refractivity contribution in [2.24, 2.45) is 0 Å². The largest absolute Gasteiger partial charge is 0.505 e. The average molecular weight is 495 g/mol. The summed E-state index contributed by atoms with van der Waals surface area (Å²) in [6.07, 6.45) is 3.65. The highest BCUT2D eigenvalue weighted by molar-refractivity contribution is 6.35. The van der Waals surface area contributed by atoms with E-state index in [4.69, 9.17) is 16.3 Å². The fourth-order valence-corrected chi connectivity index (χ4v) is 4.25. The third kappa shape index (κ3) is 5.28. The summed E-state index contributed by atoms with van der Waals surface area (Å²) in [5, 5.41) is 13.1. The van der Waals surface area contributed by atoms with Gasteiger partial charge in [0.1, 0.15) is 22.3 Å². The Hall–Kier alpha value is -2.85. The molecule has 1 aliphatic rings. The molecule has 186 valence electrons. The molecule has 1 aromatic carbocycles. The van der Waals surface area contributed by atoms with Gasteiger partial charge in [0.2, 0.25) is 5.95 Å². The van der Waals surface area contributed by atoms with Crippen LogP contribution >= 0.6 is 11.6 Å². The Labute approximate surface area is 204 Å². The van der Waals surface area contributed by atoms with Crippen molar-refractivity contribution in [1.29, 1.82) is 0 Å². The number of nitrogens with one attached hydrogen (secondary N) is 1. The van der Waals surface area contributed by atoms with E-state index in [9.17, 15) is 14.3 Å². The smallest absolute Gasteiger partial charge is 0.330 e. The number of phenols is 1. The zero-order chi connectivity index (χ0) is 24.8. The lowest BCUT2D eigenvalue weighted by atomic mass is 10.1. The molecule has 2 aromatic rings. The normalized spacial score (nSPS) is 13.4. The highest BCUT2D eigenvalue weighted by Gasteiger charge is 2.36. The van der Waals surface area contributed by atoms with Crippen molar-refractivity contribution < 1.29 is 19.0 Å². The van der Waals surface area contributed by atoms with E-state index in [1.807, 2.05) is 0 Å². The molecule has 9 nitrogen and oxygen atoms in total. The first kappa shape index (κ1) is 25.8. The van der Waals surface area contributed by atoms with Crippen LogP contribution in [-0.2, 0) is 6.54 Å². The summed E-state index contributed by atoms with van der Waals surface area (Å²) in [5.74, 6) is -0.691. The van der Waals surface area contributed by atoms with E-state index >= 15 is 0 Å². The molecule has 0 bridgehead atoms. The first-order valence-electron chi connectivity index (χ1n) is 11.5. The van der Waals surface area contributed by atoms with E-state index in [0.29, 0.717) is 23.9 Å². The third-order valence-corrected chi connectivity index (χ3v) is 6.26. The number of aromatic nitrogens is 2. The molecule has 1 aromatic heterocycles. The van der Waals surface area contributed by atoms with E-state index in [1.54, 1.807) is 13.1 Å². The van der Waals surface area contributed by atoms with E-state index in [1.165, 1.54) is 12.0 Å². The predicted molar refractivity (Wildman–Crippen MR) is 132 cm³/mol. The molecule has 2 N–H and O–H groups in total. The first-order chi connectivity index (χ1) is 16.4. The molecule has 2 heterocycles. The van der Waals surface area contributed by atoms with Crippen molar-refractivity contribution in [1.82, 2.24) is 14.9 Å². The number of aromatic hydroxyl groups is 1. The quantitative estimate of drug-likeness (QED) is 0.444. The number of anilines is 3. The summed E-state index contributed by atoms with van der Waals surface area (Å²) in [7, 11) is 1.35. The minimum Gasteiger partial charge on any atom is -0.505 e. The molecular formula is C23H32ClFN6O3. The number of unbranched alkanes of at least 4 members (excludes halogenated alkanes) is 1. The number of fused-ring (bicyclic) bond motifs is 1. The summed E-state index contributed by atoms with van der Waals surface area (Å²) in [4.78, 5) is 27.2. The van der Waals surface area contributed by atoms with Crippen LogP contribution in [-0.4, -0.2) is 65.8 Å². The van der Waals surface area contributed by atoms with Crippen molar-refractivity contribution >= 4 is 35.1 Å². The maximum atomic E-state index is 14.9. The molecule has 0 radical (unpaired) electrons. The van der Waals surface area contributed by atoms with Gasteiger partial charge in [-0.15, -0.1) is 0 Å². The molecule has 0 saturated carbocycles. The Kier molecular flexibility index (Phi) is 8.73. The van der Waals surface area contributed by atoms with Crippen LogP contribution in [0, 0.1) is 5.82 Å². The molecule has 0 unspecified atom stereocenters. The topological polar surface area (TPSA) is 94.1 Å². The number of carbonyl (C=O) groups is 1. The SMILES string of the molecule is CCN(CC)CCCCNc1ncc2c(n1)N(CC)C(=O)N(c1c(F)c(O)cc(OC)c1Cl)C2. The van der Waals surface area contributed by atoms with Crippen molar-refractivity contribution in [3.05, 3.63) is 28.7 Å². The molecule has 0 fully saturated rings. The van der Waals surface area contributed by atoms with E-state index in [-0.39, 0.29) is 23.0 Å². The lowest BCUT2D eigenvalue weighted by molar-refractivity contribution is 0.250. The number of phenolic OH excluding ortho intramolecular Hbond substituents is 1.